The lowest BCUT2D eigenvalue weighted by Crippen LogP contribution is -2.14. The van der Waals surface area contributed by atoms with Gasteiger partial charge >= 0.3 is 0 Å². The van der Waals surface area contributed by atoms with Crippen molar-refractivity contribution >= 4 is 92.1 Å². The van der Waals surface area contributed by atoms with E-state index in [1.54, 1.807) is 0 Å². The Morgan fingerprint density at radius 2 is 0.918 bits per heavy atom. The Labute approximate surface area is 350 Å². The summed E-state index contributed by atoms with van der Waals surface area (Å²) in [5.41, 5.74) is 13.2. The third kappa shape index (κ3) is 4.20. The quantitative estimate of drug-likeness (QED) is 0.161. The molecule has 3 aromatic heterocycles. The average molecular weight is 777 g/mol. The fraction of sp³-hybridized carbons (Fsp3) is 0.0517. The van der Waals surface area contributed by atoms with Crippen LogP contribution >= 0.6 is 0 Å². The molecule has 13 aromatic rings. The molecule has 0 radical (unpaired) electrons. The van der Waals surface area contributed by atoms with Crippen LogP contribution in [0.3, 0.4) is 0 Å². The minimum atomic E-state index is -0.0768. The van der Waals surface area contributed by atoms with Gasteiger partial charge in [-0.15, -0.1) is 0 Å². The van der Waals surface area contributed by atoms with E-state index in [1.165, 1.54) is 76.4 Å². The summed E-state index contributed by atoms with van der Waals surface area (Å²) in [4.78, 5) is 14.0. The van der Waals surface area contributed by atoms with Crippen LogP contribution in [0.1, 0.15) is 25.0 Å². The number of nitrogens with zero attached hydrogens (tertiary/aromatic N) is 2. The van der Waals surface area contributed by atoms with E-state index in [0.717, 1.165) is 54.8 Å². The highest BCUT2D eigenvalue weighted by molar-refractivity contribution is 6.27. The van der Waals surface area contributed by atoms with Gasteiger partial charge in [-0.1, -0.05) is 141 Å². The van der Waals surface area contributed by atoms with Gasteiger partial charge in [0.15, 0.2) is 0 Å². The smallest absolute Gasteiger partial charge is 0.263 e. The second-order valence-corrected chi connectivity index (χ2v) is 17.6. The largest absolute Gasteiger partial charge is 0.309 e. The highest BCUT2D eigenvalue weighted by Gasteiger charge is 2.36. The standard InChI is InChI=1S/C58H36N2O/c1-58(2)51-20-9-7-15-41(51)48-32-55-50(31-52(48)58)42-16-8-10-21-53(42)59(55)35-24-26-40-37-13-4-3-12-36(37)39-25-22-33(28-46(39)47(40)30-35)34-23-27-54-49(29-34)44-19-11-18-43-38-14-5-6-17-45(38)57(61)60(54)56(43)44/h3-32H,1-2H3. The van der Waals surface area contributed by atoms with E-state index in [4.69, 9.17) is 0 Å². The van der Waals surface area contributed by atoms with E-state index in [0.29, 0.717) is 0 Å². The van der Waals surface area contributed by atoms with Gasteiger partial charge in [0.1, 0.15) is 0 Å². The summed E-state index contributed by atoms with van der Waals surface area (Å²) in [5.74, 6) is 0. The molecule has 0 spiro atoms. The third-order valence-corrected chi connectivity index (χ3v) is 14.2. The molecule has 0 fully saturated rings. The fourth-order valence-electron chi connectivity index (χ4n) is 11.4. The maximum atomic E-state index is 14.0. The number of hydrogen-bond donors (Lipinski definition) is 0. The second kappa shape index (κ2) is 11.5. The second-order valence-electron chi connectivity index (χ2n) is 17.6. The highest BCUT2D eigenvalue weighted by atomic mass is 16.1. The molecule has 3 heteroatoms. The summed E-state index contributed by atoms with van der Waals surface area (Å²) in [6, 6.07) is 66.6. The summed E-state index contributed by atoms with van der Waals surface area (Å²) >= 11 is 0. The summed E-state index contributed by atoms with van der Waals surface area (Å²) < 4.78 is 4.41. The first-order chi connectivity index (χ1) is 29.9. The van der Waals surface area contributed by atoms with Gasteiger partial charge < -0.3 is 4.57 Å². The molecule has 0 aliphatic heterocycles. The van der Waals surface area contributed by atoms with Crippen LogP contribution in [0, 0.1) is 0 Å². The van der Waals surface area contributed by atoms with Gasteiger partial charge in [-0.3, -0.25) is 9.20 Å². The molecule has 0 saturated heterocycles. The Bertz CT molecular complexity index is 4160. The molecule has 10 aromatic carbocycles. The summed E-state index contributed by atoms with van der Waals surface area (Å²) in [6.45, 7) is 4.72. The van der Waals surface area contributed by atoms with Crippen molar-refractivity contribution in [3.05, 3.63) is 203 Å². The zero-order chi connectivity index (χ0) is 40.3. The molecule has 3 nitrogen and oxygen atoms in total. The van der Waals surface area contributed by atoms with Crippen molar-refractivity contribution in [1.82, 2.24) is 8.97 Å². The zero-order valence-electron chi connectivity index (χ0n) is 33.6. The van der Waals surface area contributed by atoms with Gasteiger partial charge in [0.05, 0.1) is 22.1 Å². The van der Waals surface area contributed by atoms with Gasteiger partial charge in [-0.05, 0) is 126 Å². The molecule has 3 heterocycles. The summed E-state index contributed by atoms with van der Waals surface area (Å²) in [6.07, 6.45) is 0. The monoisotopic (exact) mass is 776 g/mol. The molecule has 0 amide bonds. The maximum absolute atomic E-state index is 14.0. The van der Waals surface area contributed by atoms with Crippen molar-refractivity contribution in [2.24, 2.45) is 0 Å². The maximum Gasteiger partial charge on any atom is 0.263 e. The van der Waals surface area contributed by atoms with Crippen LogP contribution in [0.4, 0.5) is 0 Å². The van der Waals surface area contributed by atoms with Crippen LogP contribution in [-0.2, 0) is 5.41 Å². The van der Waals surface area contributed by atoms with Crippen LogP contribution < -0.4 is 5.56 Å². The van der Waals surface area contributed by atoms with Crippen LogP contribution in [0.15, 0.2) is 187 Å². The Morgan fingerprint density at radius 1 is 0.361 bits per heavy atom. The molecule has 0 atom stereocenters. The Morgan fingerprint density at radius 3 is 1.70 bits per heavy atom. The number of hydrogen-bond acceptors (Lipinski definition) is 1. The van der Waals surface area contributed by atoms with Crippen LogP contribution in [0.2, 0.25) is 0 Å². The molecule has 0 unspecified atom stereocenters. The van der Waals surface area contributed by atoms with Crippen LogP contribution in [0.5, 0.6) is 0 Å². The van der Waals surface area contributed by atoms with E-state index in [9.17, 15) is 4.79 Å². The van der Waals surface area contributed by atoms with E-state index in [2.05, 4.69) is 182 Å². The van der Waals surface area contributed by atoms with Crippen molar-refractivity contribution in [3.63, 3.8) is 0 Å². The first kappa shape index (κ1) is 33.1. The van der Waals surface area contributed by atoms with Gasteiger partial charge in [-0.2, -0.15) is 0 Å². The normalized spacial score (nSPS) is 13.6. The summed E-state index contributed by atoms with van der Waals surface area (Å²) in [5, 5.41) is 15.0. The van der Waals surface area contributed by atoms with Gasteiger partial charge in [0.2, 0.25) is 0 Å². The number of pyridine rings is 1. The predicted molar refractivity (Wildman–Crippen MR) is 257 cm³/mol. The van der Waals surface area contributed by atoms with Crippen molar-refractivity contribution in [1.29, 1.82) is 0 Å². The highest BCUT2D eigenvalue weighted by Crippen LogP contribution is 2.51. The number of aromatic nitrogens is 2. The Hall–Kier alpha value is -7.75. The molecule has 0 N–H and O–H groups in total. The topological polar surface area (TPSA) is 26.4 Å². The molecule has 1 aliphatic rings. The lowest BCUT2D eigenvalue weighted by molar-refractivity contribution is 0.661. The van der Waals surface area contributed by atoms with Gasteiger partial charge in [0.25, 0.3) is 5.56 Å². The van der Waals surface area contributed by atoms with Crippen molar-refractivity contribution in [2.75, 3.05) is 0 Å². The van der Waals surface area contributed by atoms with Crippen LogP contribution in [-0.4, -0.2) is 8.97 Å². The van der Waals surface area contributed by atoms with Crippen molar-refractivity contribution in [3.8, 4) is 27.9 Å². The van der Waals surface area contributed by atoms with Gasteiger partial charge in [0, 0.05) is 43.4 Å². The number of fused-ring (bicyclic) bond motifs is 17. The summed E-state index contributed by atoms with van der Waals surface area (Å²) in [7, 11) is 0. The number of para-hydroxylation sites is 2. The number of rotatable bonds is 2. The first-order valence-corrected chi connectivity index (χ1v) is 21.2. The van der Waals surface area contributed by atoms with Crippen molar-refractivity contribution < 1.29 is 0 Å². The lowest BCUT2D eigenvalue weighted by atomic mass is 9.82. The minimum absolute atomic E-state index is 0.0307. The molecule has 61 heavy (non-hydrogen) atoms. The molecule has 14 rings (SSSR count). The van der Waals surface area contributed by atoms with E-state index in [1.807, 2.05) is 22.6 Å². The van der Waals surface area contributed by atoms with E-state index >= 15 is 0 Å². The van der Waals surface area contributed by atoms with Crippen molar-refractivity contribution in [2.45, 2.75) is 19.3 Å². The minimum Gasteiger partial charge on any atom is -0.309 e. The molecular formula is C58H36N2O. The molecule has 1 aliphatic carbocycles. The van der Waals surface area contributed by atoms with Gasteiger partial charge in [-0.25, -0.2) is 0 Å². The van der Waals surface area contributed by atoms with Crippen LogP contribution in [0.25, 0.3) is 120 Å². The Balaban J connectivity index is 1.02. The zero-order valence-corrected chi connectivity index (χ0v) is 33.6. The molecular weight excluding hydrogens is 741 g/mol. The molecule has 0 saturated carbocycles. The number of benzene rings is 10. The predicted octanol–water partition coefficient (Wildman–Crippen LogP) is 14.7. The molecule has 0 bridgehead atoms. The lowest BCUT2D eigenvalue weighted by Gasteiger charge is -2.21. The average Bonchev–Trinajstić information content (AvgIpc) is 3.90. The molecule has 284 valence electrons. The van der Waals surface area contributed by atoms with E-state index < -0.39 is 0 Å². The fourth-order valence-corrected chi connectivity index (χ4v) is 11.4. The van der Waals surface area contributed by atoms with E-state index in [-0.39, 0.29) is 11.0 Å². The SMILES string of the molecule is CC1(C)c2ccccc2-c2cc3c(cc21)c1ccccc1n3-c1ccc2c3ccccc3c3ccc(-c4ccc5c(c4)c4cccc6c7ccccc7c(=O)n5c64)cc3c2c1. The third-order valence-electron chi connectivity index (χ3n) is 14.2. The first-order valence-electron chi connectivity index (χ1n) is 21.2. The Kier molecular flexibility index (Phi) is 6.24.